The molecule has 0 aromatic heterocycles. The Hall–Kier alpha value is -2.18. The Morgan fingerprint density at radius 2 is 1.90 bits per heavy atom. The van der Waals surface area contributed by atoms with E-state index >= 15 is 0 Å². The van der Waals surface area contributed by atoms with Crippen molar-refractivity contribution in [1.82, 2.24) is 4.90 Å². The van der Waals surface area contributed by atoms with Crippen molar-refractivity contribution in [3.8, 4) is 5.75 Å². The van der Waals surface area contributed by atoms with Gasteiger partial charge in [0.05, 0.1) is 13.7 Å². The van der Waals surface area contributed by atoms with Crippen molar-refractivity contribution in [3.63, 3.8) is 0 Å². The number of likely N-dealkylation sites (tertiary alicyclic amines) is 1. The van der Waals surface area contributed by atoms with Gasteiger partial charge in [0.2, 0.25) is 0 Å². The summed E-state index contributed by atoms with van der Waals surface area (Å²) in [6.07, 6.45) is 3.29. The highest BCUT2D eigenvalue weighted by Gasteiger charge is 2.28. The number of nitrogens with zero attached hydrogens (tertiary/aromatic N) is 1. The molecule has 6 nitrogen and oxygen atoms in total. The summed E-state index contributed by atoms with van der Waals surface area (Å²) < 4.78 is 16.2. The maximum Gasteiger partial charge on any atom is 0.410 e. The number of hydrogen-bond acceptors (Lipinski definition) is 5. The number of unbranched alkanes of at least 4 members (excludes halogenated alkanes) is 1. The highest BCUT2D eigenvalue weighted by Crippen LogP contribution is 2.34. The third-order valence-corrected chi connectivity index (χ3v) is 4.87. The van der Waals surface area contributed by atoms with Crippen LogP contribution in [0.25, 0.3) is 0 Å². The van der Waals surface area contributed by atoms with Crippen molar-refractivity contribution >= 4 is 24.7 Å². The first-order valence-corrected chi connectivity index (χ1v) is 10.4. The van der Waals surface area contributed by atoms with Gasteiger partial charge in [-0.2, -0.15) is 0 Å². The molecule has 0 unspecified atom stereocenters. The zero-order chi connectivity index (χ0) is 21.4. The standard InChI is InChI=1S/C22H33BNO5/c1-6-7-14-28-20(25)23-17-8-9-18(19(15-17)27-5)16-10-12-24(13-11-16)21(26)29-22(2,3)4/h8-9,15-16H,6-7,10-14H2,1-5H3. The lowest BCUT2D eigenvalue weighted by Gasteiger charge is -2.34. The number of carbonyl (C=O) groups excluding carboxylic acids is 2. The quantitative estimate of drug-likeness (QED) is 0.508. The molecule has 1 aliphatic rings. The molecular formula is C22H33BNO5. The lowest BCUT2D eigenvalue weighted by atomic mass is 9.70. The summed E-state index contributed by atoms with van der Waals surface area (Å²) in [6.45, 7) is 9.43. The van der Waals surface area contributed by atoms with Crippen molar-refractivity contribution in [2.75, 3.05) is 26.8 Å². The Morgan fingerprint density at radius 3 is 2.48 bits per heavy atom. The van der Waals surface area contributed by atoms with Gasteiger partial charge in [-0.15, -0.1) is 0 Å². The summed E-state index contributed by atoms with van der Waals surface area (Å²) in [5, 5.41) is 0. The summed E-state index contributed by atoms with van der Waals surface area (Å²) >= 11 is 0. The van der Waals surface area contributed by atoms with Gasteiger partial charge in [-0.25, -0.2) is 4.79 Å². The minimum atomic E-state index is -0.485. The molecule has 1 radical (unpaired) electrons. The van der Waals surface area contributed by atoms with E-state index in [-0.39, 0.29) is 12.0 Å². The minimum absolute atomic E-state index is 0.255. The SMILES string of the molecule is CCCCOC(=O)[B]c1ccc(C2CCN(C(=O)OC(C)(C)C)CC2)c(OC)c1. The third-order valence-electron chi connectivity index (χ3n) is 4.87. The summed E-state index contributed by atoms with van der Waals surface area (Å²) in [5.74, 6) is 0.726. The van der Waals surface area contributed by atoms with Crippen LogP contribution >= 0.6 is 0 Å². The third kappa shape index (κ3) is 7.30. The van der Waals surface area contributed by atoms with E-state index in [4.69, 9.17) is 14.2 Å². The molecule has 0 saturated carbocycles. The van der Waals surface area contributed by atoms with Crippen LogP contribution in [0.4, 0.5) is 9.59 Å². The molecule has 29 heavy (non-hydrogen) atoms. The van der Waals surface area contributed by atoms with Gasteiger partial charge in [0.1, 0.15) is 11.4 Å². The number of methoxy groups -OCH3 is 1. The van der Waals surface area contributed by atoms with Crippen molar-refractivity contribution in [2.45, 2.75) is 64.9 Å². The van der Waals surface area contributed by atoms with Gasteiger partial charge < -0.3 is 19.1 Å². The van der Waals surface area contributed by atoms with Crippen molar-refractivity contribution < 1.29 is 23.8 Å². The summed E-state index contributed by atoms with van der Waals surface area (Å²) in [7, 11) is 3.13. The topological polar surface area (TPSA) is 65.1 Å². The van der Waals surface area contributed by atoms with E-state index in [9.17, 15) is 9.59 Å². The van der Waals surface area contributed by atoms with Crippen molar-refractivity contribution in [1.29, 1.82) is 0 Å². The lowest BCUT2D eigenvalue weighted by Crippen LogP contribution is -2.41. The Kier molecular flexibility index (Phi) is 8.41. The molecule has 2 rings (SSSR count). The summed E-state index contributed by atoms with van der Waals surface area (Å²) in [4.78, 5) is 25.9. The number of hydrogen-bond donors (Lipinski definition) is 0. The largest absolute Gasteiger partial charge is 0.496 e. The van der Waals surface area contributed by atoms with E-state index in [2.05, 4.69) is 6.92 Å². The smallest absolute Gasteiger partial charge is 0.410 e. The summed E-state index contributed by atoms with van der Waals surface area (Å²) in [6, 6.07) is 5.80. The number of rotatable bonds is 7. The highest BCUT2D eigenvalue weighted by atomic mass is 16.6. The van der Waals surface area contributed by atoms with E-state index in [1.807, 2.05) is 39.0 Å². The molecule has 1 heterocycles. The van der Waals surface area contributed by atoms with Crippen LogP contribution < -0.4 is 10.2 Å². The number of piperidine rings is 1. The van der Waals surface area contributed by atoms with Gasteiger partial charge in [-0.3, -0.25) is 4.79 Å². The van der Waals surface area contributed by atoms with E-state index in [1.165, 1.54) is 7.28 Å². The zero-order valence-corrected chi connectivity index (χ0v) is 18.3. The number of amides is 1. The number of benzene rings is 1. The minimum Gasteiger partial charge on any atom is -0.496 e. The first-order valence-electron chi connectivity index (χ1n) is 10.4. The van der Waals surface area contributed by atoms with E-state index in [1.54, 1.807) is 12.0 Å². The molecule has 1 amide bonds. The van der Waals surface area contributed by atoms with E-state index < -0.39 is 5.60 Å². The van der Waals surface area contributed by atoms with Crippen LogP contribution in [-0.2, 0) is 9.47 Å². The van der Waals surface area contributed by atoms with Crippen LogP contribution in [0.5, 0.6) is 5.75 Å². The predicted octanol–water partition coefficient (Wildman–Crippen LogP) is 4.08. The molecule has 1 aliphatic heterocycles. The van der Waals surface area contributed by atoms with Gasteiger partial charge in [0, 0.05) is 13.1 Å². The van der Waals surface area contributed by atoms with Gasteiger partial charge in [-0.05, 0) is 57.6 Å². The number of ether oxygens (including phenoxy) is 3. The fourth-order valence-corrected chi connectivity index (χ4v) is 3.35. The summed E-state index contributed by atoms with van der Waals surface area (Å²) in [5.41, 5.74) is 1.38. The normalized spacial score (nSPS) is 15.0. The molecule has 1 saturated heterocycles. The molecule has 0 spiro atoms. The molecule has 0 atom stereocenters. The van der Waals surface area contributed by atoms with Gasteiger partial charge >= 0.3 is 6.09 Å². The average Bonchev–Trinajstić information content (AvgIpc) is 2.67. The maximum atomic E-state index is 12.3. The van der Waals surface area contributed by atoms with Gasteiger partial charge in [-0.1, -0.05) is 30.9 Å². The average molecular weight is 402 g/mol. The van der Waals surface area contributed by atoms with E-state index in [0.29, 0.717) is 25.6 Å². The molecule has 7 heteroatoms. The second-order valence-electron chi connectivity index (χ2n) is 8.41. The molecule has 0 bridgehead atoms. The monoisotopic (exact) mass is 402 g/mol. The molecule has 0 N–H and O–H groups in total. The number of carbonyl (C=O) groups is 2. The Labute approximate surface area is 175 Å². The first-order chi connectivity index (χ1) is 13.7. The fourth-order valence-electron chi connectivity index (χ4n) is 3.35. The van der Waals surface area contributed by atoms with Crippen LogP contribution in [-0.4, -0.2) is 56.5 Å². The van der Waals surface area contributed by atoms with Crippen LogP contribution in [0.1, 0.15) is 64.9 Å². The molecule has 1 fully saturated rings. The molecular weight excluding hydrogens is 369 g/mol. The second-order valence-corrected chi connectivity index (χ2v) is 8.41. The van der Waals surface area contributed by atoms with Crippen LogP contribution in [0.3, 0.4) is 0 Å². The predicted molar refractivity (Wildman–Crippen MR) is 114 cm³/mol. The molecule has 159 valence electrons. The maximum absolute atomic E-state index is 12.3. The van der Waals surface area contributed by atoms with Crippen LogP contribution in [0.2, 0.25) is 0 Å². The van der Waals surface area contributed by atoms with Crippen LogP contribution in [0, 0.1) is 0 Å². The molecule has 1 aromatic rings. The first kappa shape index (κ1) is 23.1. The Bertz CT molecular complexity index is 693. The zero-order valence-electron chi connectivity index (χ0n) is 18.3. The fraction of sp³-hybridized carbons (Fsp3) is 0.636. The van der Waals surface area contributed by atoms with Crippen molar-refractivity contribution in [3.05, 3.63) is 23.8 Å². The second kappa shape index (κ2) is 10.6. The van der Waals surface area contributed by atoms with Crippen LogP contribution in [0.15, 0.2) is 18.2 Å². The highest BCUT2D eigenvalue weighted by molar-refractivity contribution is 6.82. The van der Waals surface area contributed by atoms with Gasteiger partial charge in [0.25, 0.3) is 13.1 Å². The van der Waals surface area contributed by atoms with E-state index in [0.717, 1.165) is 42.5 Å². The Morgan fingerprint density at radius 1 is 1.21 bits per heavy atom. The van der Waals surface area contributed by atoms with Crippen molar-refractivity contribution in [2.24, 2.45) is 0 Å². The molecule has 1 aromatic carbocycles. The van der Waals surface area contributed by atoms with Gasteiger partial charge in [0.15, 0.2) is 0 Å². The lowest BCUT2D eigenvalue weighted by molar-refractivity contribution is 0.0204. The Balaban J connectivity index is 1.96. The molecule has 0 aliphatic carbocycles.